The summed E-state index contributed by atoms with van der Waals surface area (Å²) in [7, 11) is -3.12. The summed E-state index contributed by atoms with van der Waals surface area (Å²) in [6, 6.07) is 7.17. The molecule has 1 N–H and O–H groups in total. The van der Waals surface area contributed by atoms with E-state index in [1.165, 1.54) is 0 Å². The van der Waals surface area contributed by atoms with Crippen molar-refractivity contribution < 1.29 is 13.2 Å². The number of halogens is 1. The number of rotatable bonds is 3. The Morgan fingerprint density at radius 1 is 1.42 bits per heavy atom. The highest BCUT2D eigenvalue weighted by Gasteiger charge is 2.37. The first-order valence-corrected chi connectivity index (χ1v) is 8.31. The maximum absolute atomic E-state index is 11.9. The predicted octanol–water partition coefficient (Wildman–Crippen LogP) is 1.06. The van der Waals surface area contributed by atoms with Gasteiger partial charge in [0.15, 0.2) is 9.84 Å². The van der Waals surface area contributed by atoms with Gasteiger partial charge in [0.2, 0.25) is 5.91 Å². The predicted molar refractivity (Wildman–Crippen MR) is 75.1 cm³/mol. The molecule has 1 heterocycles. The Hall–Kier alpha value is -1.07. The minimum absolute atomic E-state index is 0.0655. The van der Waals surface area contributed by atoms with Gasteiger partial charge in [-0.15, -0.1) is 11.6 Å². The van der Waals surface area contributed by atoms with Gasteiger partial charge >= 0.3 is 0 Å². The monoisotopic (exact) mass is 301 g/mol. The van der Waals surface area contributed by atoms with Crippen LogP contribution in [0.15, 0.2) is 24.3 Å². The lowest BCUT2D eigenvalue weighted by Gasteiger charge is -2.14. The molecule has 1 aliphatic heterocycles. The molecule has 19 heavy (non-hydrogen) atoms. The average molecular weight is 302 g/mol. The third-order valence-electron chi connectivity index (χ3n) is 3.08. The number of alkyl halides is 1. The van der Waals surface area contributed by atoms with Gasteiger partial charge in [-0.3, -0.25) is 4.79 Å². The molecule has 0 saturated carbocycles. The van der Waals surface area contributed by atoms with Crippen molar-refractivity contribution in [2.45, 2.75) is 24.8 Å². The van der Waals surface area contributed by atoms with E-state index in [4.69, 9.17) is 11.6 Å². The molecule has 104 valence electrons. The summed E-state index contributed by atoms with van der Waals surface area (Å²) in [6.07, 6.45) is 0.238. The minimum atomic E-state index is -3.12. The molecule has 0 aliphatic carbocycles. The Morgan fingerprint density at radius 2 is 2.16 bits per heavy atom. The summed E-state index contributed by atoms with van der Waals surface area (Å²) in [5, 5.41) is 2.17. The molecule has 2 unspecified atom stereocenters. The molecule has 0 radical (unpaired) electrons. The van der Waals surface area contributed by atoms with Gasteiger partial charge in [0.1, 0.15) is 0 Å². The van der Waals surface area contributed by atoms with Crippen molar-refractivity contribution >= 4 is 27.3 Å². The summed E-state index contributed by atoms with van der Waals surface area (Å²) in [6.45, 7) is 1.96. The Balaban J connectivity index is 1.95. The molecule has 4 nitrogen and oxygen atoms in total. The van der Waals surface area contributed by atoms with Crippen LogP contribution in [0.4, 0.5) is 0 Å². The van der Waals surface area contributed by atoms with Crippen molar-refractivity contribution in [3.8, 4) is 0 Å². The van der Waals surface area contributed by atoms with Crippen LogP contribution < -0.4 is 5.32 Å². The molecule has 1 aromatic carbocycles. The van der Waals surface area contributed by atoms with Gasteiger partial charge < -0.3 is 5.32 Å². The van der Waals surface area contributed by atoms with E-state index in [-0.39, 0.29) is 23.8 Å². The average Bonchev–Trinajstić information content (AvgIpc) is 2.51. The highest BCUT2D eigenvalue weighted by Crippen LogP contribution is 2.18. The first-order valence-electron chi connectivity index (χ1n) is 6.05. The summed E-state index contributed by atoms with van der Waals surface area (Å²) in [5.74, 6) is -0.330. The van der Waals surface area contributed by atoms with Crippen LogP contribution in [-0.4, -0.2) is 37.2 Å². The van der Waals surface area contributed by atoms with Gasteiger partial charge in [-0.1, -0.05) is 29.8 Å². The zero-order chi connectivity index (χ0) is 14.0. The van der Waals surface area contributed by atoms with Crippen LogP contribution in [0.1, 0.15) is 11.1 Å². The largest absolute Gasteiger partial charge is 0.351 e. The van der Waals surface area contributed by atoms with Crippen LogP contribution >= 0.6 is 11.6 Å². The summed E-state index contributed by atoms with van der Waals surface area (Å²) < 4.78 is 22.8. The van der Waals surface area contributed by atoms with Crippen LogP contribution in [0.3, 0.4) is 0 Å². The van der Waals surface area contributed by atoms with Crippen LogP contribution in [0.2, 0.25) is 0 Å². The number of hydrogen-bond donors (Lipinski definition) is 1. The fourth-order valence-electron chi connectivity index (χ4n) is 2.20. The molecule has 0 bridgehead atoms. The Labute approximate surface area is 118 Å². The number of carbonyl (C=O) groups is 1. The maximum atomic E-state index is 11.9. The van der Waals surface area contributed by atoms with Crippen molar-refractivity contribution in [2.75, 3.05) is 11.5 Å². The summed E-state index contributed by atoms with van der Waals surface area (Å²) in [5.41, 5.74) is 1.99. The Morgan fingerprint density at radius 3 is 2.74 bits per heavy atom. The lowest BCUT2D eigenvalue weighted by atomic mass is 10.1. The molecular formula is C13H16ClNO3S. The maximum Gasteiger partial charge on any atom is 0.224 e. The Kier molecular flexibility index (Phi) is 4.16. The molecule has 0 spiro atoms. The van der Waals surface area contributed by atoms with E-state index in [1.54, 1.807) is 0 Å². The number of benzene rings is 1. The second kappa shape index (κ2) is 5.51. The van der Waals surface area contributed by atoms with Gasteiger partial charge in [-0.25, -0.2) is 8.42 Å². The molecule has 6 heteroatoms. The zero-order valence-corrected chi connectivity index (χ0v) is 12.2. The summed E-state index contributed by atoms with van der Waals surface area (Å²) >= 11 is 5.94. The molecule has 2 rings (SSSR count). The number of hydrogen-bond acceptors (Lipinski definition) is 3. The molecule has 1 saturated heterocycles. The van der Waals surface area contributed by atoms with Crippen molar-refractivity contribution in [1.82, 2.24) is 5.32 Å². The third-order valence-corrected chi connectivity index (χ3v) is 5.45. The van der Waals surface area contributed by atoms with Gasteiger partial charge in [-0.2, -0.15) is 0 Å². The molecule has 1 aromatic rings. The van der Waals surface area contributed by atoms with Crippen LogP contribution in [-0.2, 0) is 21.1 Å². The molecule has 1 fully saturated rings. The molecule has 1 amide bonds. The van der Waals surface area contributed by atoms with Gasteiger partial charge in [-0.05, 0) is 12.5 Å². The fourth-order valence-corrected chi connectivity index (χ4v) is 4.75. The highest BCUT2D eigenvalue weighted by molar-refractivity contribution is 7.91. The molecule has 2 atom stereocenters. The van der Waals surface area contributed by atoms with E-state index in [1.807, 2.05) is 31.2 Å². The number of carbonyl (C=O) groups excluding carboxylic acids is 1. The fraction of sp³-hybridized carbons (Fsp3) is 0.462. The topological polar surface area (TPSA) is 63.2 Å². The number of sulfone groups is 1. The molecule has 1 aliphatic rings. The van der Waals surface area contributed by atoms with Gasteiger partial charge in [0.25, 0.3) is 0 Å². The van der Waals surface area contributed by atoms with E-state index < -0.39 is 21.3 Å². The van der Waals surface area contributed by atoms with Crippen LogP contribution in [0.25, 0.3) is 0 Å². The van der Waals surface area contributed by atoms with E-state index in [0.29, 0.717) is 0 Å². The lowest BCUT2D eigenvalue weighted by molar-refractivity contribution is -0.120. The zero-order valence-electron chi connectivity index (χ0n) is 10.6. The van der Waals surface area contributed by atoms with Gasteiger partial charge in [0, 0.05) is 0 Å². The second-order valence-corrected chi connectivity index (χ2v) is 7.65. The number of aryl methyl sites for hydroxylation is 1. The van der Waals surface area contributed by atoms with Gasteiger partial charge in [0.05, 0.1) is 29.3 Å². The first-order chi connectivity index (χ1) is 8.85. The molecular weight excluding hydrogens is 286 g/mol. The van der Waals surface area contributed by atoms with Crippen LogP contribution in [0, 0.1) is 6.92 Å². The first kappa shape index (κ1) is 14.3. The van der Waals surface area contributed by atoms with Crippen molar-refractivity contribution in [3.05, 3.63) is 35.4 Å². The standard InChI is InChI=1S/C13H16ClNO3S/c1-9-3-2-4-10(5-9)6-13(16)15-12-8-19(17,18)7-11(12)14/h2-5,11-12H,6-8H2,1H3,(H,15,16). The lowest BCUT2D eigenvalue weighted by Crippen LogP contribution is -2.41. The SMILES string of the molecule is Cc1cccc(CC(=O)NC2CS(=O)(=O)CC2Cl)c1. The minimum Gasteiger partial charge on any atom is -0.351 e. The van der Waals surface area contributed by atoms with E-state index in [9.17, 15) is 13.2 Å². The van der Waals surface area contributed by atoms with Crippen molar-refractivity contribution in [1.29, 1.82) is 0 Å². The normalized spacial score (nSPS) is 25.2. The third kappa shape index (κ3) is 3.94. The quantitative estimate of drug-likeness (QED) is 0.849. The number of nitrogens with one attached hydrogen (secondary N) is 1. The van der Waals surface area contributed by atoms with Crippen molar-refractivity contribution in [3.63, 3.8) is 0 Å². The second-order valence-electron chi connectivity index (χ2n) is 4.93. The number of amides is 1. The van der Waals surface area contributed by atoms with E-state index in [2.05, 4.69) is 5.32 Å². The van der Waals surface area contributed by atoms with E-state index in [0.717, 1.165) is 11.1 Å². The van der Waals surface area contributed by atoms with Crippen molar-refractivity contribution in [2.24, 2.45) is 0 Å². The van der Waals surface area contributed by atoms with Crippen LogP contribution in [0.5, 0.6) is 0 Å². The smallest absolute Gasteiger partial charge is 0.224 e. The van der Waals surface area contributed by atoms with E-state index >= 15 is 0 Å². The summed E-state index contributed by atoms with van der Waals surface area (Å²) in [4.78, 5) is 11.9. The molecule has 0 aromatic heterocycles. The highest BCUT2D eigenvalue weighted by atomic mass is 35.5. The Bertz CT molecular complexity index is 585.